The van der Waals surface area contributed by atoms with Crippen LogP contribution in [0, 0.1) is 5.41 Å². The molecule has 0 bridgehead atoms. The van der Waals surface area contributed by atoms with E-state index in [0.717, 1.165) is 25.9 Å². The topological polar surface area (TPSA) is 20.3 Å². The third-order valence-corrected chi connectivity index (χ3v) is 2.14. The van der Waals surface area contributed by atoms with Crippen molar-refractivity contribution < 1.29 is 4.79 Å². The van der Waals surface area contributed by atoms with Crippen molar-refractivity contribution in [3.8, 4) is 0 Å². The van der Waals surface area contributed by atoms with Crippen molar-refractivity contribution in [3.05, 3.63) is 12.2 Å². The first-order valence-corrected chi connectivity index (χ1v) is 4.97. The van der Waals surface area contributed by atoms with Gasteiger partial charge in [0.2, 0.25) is 5.91 Å². The van der Waals surface area contributed by atoms with Gasteiger partial charge in [-0.25, -0.2) is 0 Å². The van der Waals surface area contributed by atoms with E-state index < -0.39 is 0 Å². The molecule has 2 heteroatoms. The summed E-state index contributed by atoms with van der Waals surface area (Å²) in [5, 5.41) is 0. The van der Waals surface area contributed by atoms with Crippen LogP contribution in [0.5, 0.6) is 0 Å². The fourth-order valence-electron chi connectivity index (χ4n) is 1.36. The second-order valence-corrected chi connectivity index (χ2v) is 4.73. The molecule has 0 aliphatic carbocycles. The molecule has 0 radical (unpaired) electrons. The third-order valence-electron chi connectivity index (χ3n) is 2.14. The molecule has 0 N–H and O–H groups in total. The average Bonchev–Trinajstić information content (AvgIpc) is 2.50. The summed E-state index contributed by atoms with van der Waals surface area (Å²) in [6, 6.07) is 0. The van der Waals surface area contributed by atoms with Crippen LogP contribution in [-0.4, -0.2) is 23.9 Å². The summed E-state index contributed by atoms with van der Waals surface area (Å²) in [5.41, 5.74) is 0.107. The Bertz CT molecular complexity index is 207. The van der Waals surface area contributed by atoms with Gasteiger partial charge < -0.3 is 4.90 Å². The summed E-state index contributed by atoms with van der Waals surface area (Å²) in [5.74, 6) is 0.174. The number of amides is 1. The number of likely N-dealkylation sites (tertiary alicyclic amines) is 1. The van der Waals surface area contributed by atoms with E-state index in [0.29, 0.717) is 0 Å². The van der Waals surface area contributed by atoms with E-state index in [1.54, 1.807) is 6.08 Å². The van der Waals surface area contributed by atoms with Crippen molar-refractivity contribution in [2.75, 3.05) is 13.1 Å². The number of carbonyl (C=O) groups is 1. The lowest BCUT2D eigenvalue weighted by atomic mass is 9.96. The van der Waals surface area contributed by atoms with Gasteiger partial charge in [0, 0.05) is 13.1 Å². The van der Waals surface area contributed by atoms with Crippen molar-refractivity contribution in [1.29, 1.82) is 0 Å². The van der Waals surface area contributed by atoms with Crippen LogP contribution in [0.2, 0.25) is 0 Å². The fraction of sp³-hybridized carbons (Fsp3) is 0.727. The molecule has 0 atom stereocenters. The maximum absolute atomic E-state index is 11.5. The molecule has 0 aromatic heterocycles. The molecule has 1 amide bonds. The molecule has 1 rings (SSSR count). The van der Waals surface area contributed by atoms with Crippen molar-refractivity contribution in [1.82, 2.24) is 4.90 Å². The maximum Gasteiger partial charge on any atom is 0.246 e. The van der Waals surface area contributed by atoms with Gasteiger partial charge in [0.25, 0.3) is 0 Å². The summed E-state index contributed by atoms with van der Waals surface area (Å²) in [7, 11) is 0. The number of rotatable bonds is 1. The minimum Gasteiger partial charge on any atom is -0.339 e. The Morgan fingerprint density at radius 1 is 1.23 bits per heavy atom. The highest BCUT2D eigenvalue weighted by Gasteiger charge is 2.15. The molecule has 0 aromatic carbocycles. The molecule has 0 unspecified atom stereocenters. The molecular formula is C11H19NO. The zero-order chi connectivity index (χ0) is 9.90. The Kier molecular flexibility index (Phi) is 3.12. The summed E-state index contributed by atoms with van der Waals surface area (Å²) < 4.78 is 0. The highest BCUT2D eigenvalue weighted by atomic mass is 16.2. The maximum atomic E-state index is 11.5. The van der Waals surface area contributed by atoms with Crippen LogP contribution in [0.1, 0.15) is 33.6 Å². The van der Waals surface area contributed by atoms with Crippen LogP contribution >= 0.6 is 0 Å². The van der Waals surface area contributed by atoms with E-state index in [4.69, 9.17) is 0 Å². The van der Waals surface area contributed by atoms with Gasteiger partial charge in [-0.15, -0.1) is 0 Å². The summed E-state index contributed by atoms with van der Waals surface area (Å²) in [4.78, 5) is 13.4. The molecular weight excluding hydrogens is 162 g/mol. The van der Waals surface area contributed by atoms with Crippen LogP contribution in [0.25, 0.3) is 0 Å². The van der Waals surface area contributed by atoms with Crippen LogP contribution < -0.4 is 0 Å². The van der Waals surface area contributed by atoms with Crippen molar-refractivity contribution >= 4 is 5.91 Å². The molecule has 0 aromatic rings. The van der Waals surface area contributed by atoms with Crippen molar-refractivity contribution in [2.45, 2.75) is 33.6 Å². The molecule has 13 heavy (non-hydrogen) atoms. The van der Waals surface area contributed by atoms with E-state index in [-0.39, 0.29) is 11.3 Å². The molecule has 1 fully saturated rings. The molecule has 0 saturated carbocycles. The SMILES string of the molecule is CC(C)(C)/C=C/C(=O)N1CCCC1. The van der Waals surface area contributed by atoms with Gasteiger partial charge in [0.05, 0.1) is 0 Å². The summed E-state index contributed by atoms with van der Waals surface area (Å²) in [6.45, 7) is 8.17. The smallest absolute Gasteiger partial charge is 0.246 e. The van der Waals surface area contributed by atoms with E-state index in [2.05, 4.69) is 20.8 Å². The molecule has 1 aliphatic rings. The van der Waals surface area contributed by atoms with Crippen LogP contribution in [-0.2, 0) is 4.79 Å². The highest BCUT2D eigenvalue weighted by molar-refractivity contribution is 5.87. The number of nitrogens with zero attached hydrogens (tertiary/aromatic N) is 1. The number of allylic oxidation sites excluding steroid dienone is 1. The minimum atomic E-state index is 0.107. The molecule has 74 valence electrons. The minimum absolute atomic E-state index is 0.107. The second kappa shape index (κ2) is 3.95. The first-order valence-electron chi connectivity index (χ1n) is 4.97. The zero-order valence-electron chi connectivity index (χ0n) is 8.84. The largest absolute Gasteiger partial charge is 0.339 e. The predicted octanol–water partition coefficient (Wildman–Crippen LogP) is 2.21. The third kappa shape index (κ3) is 3.62. The van der Waals surface area contributed by atoms with Crippen molar-refractivity contribution in [3.63, 3.8) is 0 Å². The fourth-order valence-corrected chi connectivity index (χ4v) is 1.36. The van der Waals surface area contributed by atoms with Crippen LogP contribution in [0.15, 0.2) is 12.2 Å². The lowest BCUT2D eigenvalue weighted by Crippen LogP contribution is -2.25. The standard InChI is InChI=1S/C11H19NO/c1-11(2,3)7-6-10(13)12-8-4-5-9-12/h6-7H,4-5,8-9H2,1-3H3/b7-6+. The van der Waals surface area contributed by atoms with Gasteiger partial charge in [0.1, 0.15) is 0 Å². The molecule has 1 saturated heterocycles. The van der Waals surface area contributed by atoms with E-state index >= 15 is 0 Å². The predicted molar refractivity (Wildman–Crippen MR) is 54.4 cm³/mol. The Hall–Kier alpha value is -0.790. The van der Waals surface area contributed by atoms with E-state index in [1.807, 2.05) is 11.0 Å². The highest BCUT2D eigenvalue weighted by Crippen LogP contribution is 2.15. The first kappa shape index (κ1) is 10.3. The zero-order valence-corrected chi connectivity index (χ0v) is 8.84. The normalized spacial score (nSPS) is 18.5. The van der Waals surface area contributed by atoms with E-state index in [1.165, 1.54) is 0 Å². The van der Waals surface area contributed by atoms with Crippen LogP contribution in [0.3, 0.4) is 0 Å². The molecule has 1 aliphatic heterocycles. The lowest BCUT2D eigenvalue weighted by molar-refractivity contribution is -0.125. The van der Waals surface area contributed by atoms with Gasteiger partial charge in [-0.3, -0.25) is 4.79 Å². The quantitative estimate of drug-likeness (QED) is 0.568. The Balaban J connectivity index is 2.44. The van der Waals surface area contributed by atoms with Gasteiger partial charge in [-0.1, -0.05) is 26.8 Å². The summed E-state index contributed by atoms with van der Waals surface area (Å²) in [6.07, 6.45) is 6.02. The Labute approximate surface area is 80.6 Å². The monoisotopic (exact) mass is 181 g/mol. The second-order valence-electron chi connectivity index (χ2n) is 4.73. The van der Waals surface area contributed by atoms with E-state index in [9.17, 15) is 4.79 Å². The Morgan fingerprint density at radius 3 is 2.23 bits per heavy atom. The average molecular weight is 181 g/mol. The molecule has 2 nitrogen and oxygen atoms in total. The number of hydrogen-bond donors (Lipinski definition) is 0. The molecule has 0 spiro atoms. The number of hydrogen-bond acceptors (Lipinski definition) is 1. The number of carbonyl (C=O) groups excluding carboxylic acids is 1. The lowest BCUT2D eigenvalue weighted by Gasteiger charge is -2.14. The Morgan fingerprint density at radius 2 is 1.77 bits per heavy atom. The molecule has 1 heterocycles. The van der Waals surface area contributed by atoms with Gasteiger partial charge in [-0.2, -0.15) is 0 Å². The summed E-state index contributed by atoms with van der Waals surface area (Å²) >= 11 is 0. The van der Waals surface area contributed by atoms with Crippen molar-refractivity contribution in [2.24, 2.45) is 5.41 Å². The van der Waals surface area contributed by atoms with Crippen LogP contribution in [0.4, 0.5) is 0 Å². The van der Waals surface area contributed by atoms with Gasteiger partial charge in [0.15, 0.2) is 0 Å². The van der Waals surface area contributed by atoms with Gasteiger partial charge in [-0.05, 0) is 24.3 Å². The van der Waals surface area contributed by atoms with Gasteiger partial charge >= 0.3 is 0 Å². The first-order chi connectivity index (χ1) is 5.99.